The average Bonchev–Trinajstić information content (AvgIpc) is 2.48. The fourth-order valence-electron chi connectivity index (χ4n) is 1.44. The predicted molar refractivity (Wildman–Crippen MR) is 46.3 cm³/mol. The van der Waals surface area contributed by atoms with Crippen molar-refractivity contribution in [3.8, 4) is 0 Å². The van der Waals surface area contributed by atoms with Crippen LogP contribution in [0.5, 0.6) is 0 Å². The van der Waals surface area contributed by atoms with E-state index in [9.17, 15) is 9.59 Å². The first kappa shape index (κ1) is 9.98. The number of carboxylic acids is 1. The molecule has 1 saturated heterocycles. The Morgan fingerprint density at radius 2 is 2.31 bits per heavy atom. The van der Waals surface area contributed by atoms with Gasteiger partial charge < -0.3 is 15.3 Å². The van der Waals surface area contributed by atoms with Gasteiger partial charge in [0.15, 0.2) is 0 Å². The van der Waals surface area contributed by atoms with E-state index in [0.29, 0.717) is 6.54 Å². The third kappa shape index (κ3) is 3.02. The number of hydrogen-bond acceptors (Lipinski definition) is 3. The molecule has 1 aliphatic rings. The maximum atomic E-state index is 10.9. The van der Waals surface area contributed by atoms with Crippen molar-refractivity contribution in [2.24, 2.45) is 0 Å². The van der Waals surface area contributed by atoms with Crippen molar-refractivity contribution in [1.29, 1.82) is 0 Å². The lowest BCUT2D eigenvalue weighted by Crippen LogP contribution is -2.36. The number of carboxylic acid groups (broad SMARTS) is 1. The number of rotatable bonds is 3. The molecule has 5 nitrogen and oxygen atoms in total. The zero-order chi connectivity index (χ0) is 9.84. The van der Waals surface area contributed by atoms with Crippen molar-refractivity contribution < 1.29 is 14.7 Å². The van der Waals surface area contributed by atoms with E-state index in [1.807, 2.05) is 0 Å². The third-order valence-electron chi connectivity index (χ3n) is 2.18. The van der Waals surface area contributed by atoms with Crippen molar-refractivity contribution >= 4 is 11.9 Å². The minimum Gasteiger partial charge on any atom is -0.480 e. The summed E-state index contributed by atoms with van der Waals surface area (Å²) >= 11 is 0. The predicted octanol–water partition coefficient (Wildman–Crippen LogP) is -0.719. The summed E-state index contributed by atoms with van der Waals surface area (Å²) in [4.78, 5) is 22.9. The Bertz CT molecular complexity index is 217. The van der Waals surface area contributed by atoms with Crippen LogP contribution in [0.25, 0.3) is 0 Å². The van der Waals surface area contributed by atoms with Gasteiger partial charge in [-0.05, 0) is 6.42 Å². The molecule has 1 unspecified atom stereocenters. The Balaban J connectivity index is 2.25. The summed E-state index contributed by atoms with van der Waals surface area (Å²) in [6.07, 6.45) is 0.840. The Hall–Kier alpha value is -1.10. The summed E-state index contributed by atoms with van der Waals surface area (Å²) in [5, 5.41) is 11.3. The molecule has 2 N–H and O–H groups in total. The first-order chi connectivity index (χ1) is 6.09. The van der Waals surface area contributed by atoms with E-state index in [0.717, 1.165) is 13.0 Å². The third-order valence-corrected chi connectivity index (χ3v) is 2.18. The van der Waals surface area contributed by atoms with Gasteiger partial charge in [0.2, 0.25) is 5.91 Å². The number of amides is 1. The minimum atomic E-state index is -0.860. The molecule has 0 bridgehead atoms. The van der Waals surface area contributed by atoms with E-state index in [-0.39, 0.29) is 18.5 Å². The highest BCUT2D eigenvalue weighted by atomic mass is 16.4. The van der Waals surface area contributed by atoms with E-state index >= 15 is 0 Å². The molecule has 5 heteroatoms. The smallest absolute Gasteiger partial charge is 0.317 e. The molecule has 74 valence electrons. The fraction of sp³-hybridized carbons (Fsp3) is 0.750. The molecule has 0 radical (unpaired) electrons. The van der Waals surface area contributed by atoms with Crippen LogP contribution < -0.4 is 5.32 Å². The number of nitrogens with zero attached hydrogens (tertiary/aromatic N) is 1. The normalized spacial score (nSPS) is 21.9. The van der Waals surface area contributed by atoms with Crippen molar-refractivity contribution in [3.05, 3.63) is 0 Å². The van der Waals surface area contributed by atoms with Crippen LogP contribution >= 0.6 is 0 Å². The van der Waals surface area contributed by atoms with Gasteiger partial charge in [-0.25, -0.2) is 0 Å². The van der Waals surface area contributed by atoms with E-state index in [1.54, 1.807) is 4.90 Å². The fourth-order valence-corrected chi connectivity index (χ4v) is 1.44. The Morgan fingerprint density at radius 3 is 2.77 bits per heavy atom. The summed E-state index contributed by atoms with van der Waals surface area (Å²) in [5.74, 6) is -0.805. The van der Waals surface area contributed by atoms with Crippen LogP contribution in [0.1, 0.15) is 13.3 Å². The Morgan fingerprint density at radius 1 is 1.62 bits per heavy atom. The van der Waals surface area contributed by atoms with E-state index < -0.39 is 5.97 Å². The molecule has 1 fully saturated rings. The van der Waals surface area contributed by atoms with E-state index in [4.69, 9.17) is 5.11 Å². The molecule has 0 aromatic carbocycles. The molecule has 1 atom stereocenters. The number of carbonyl (C=O) groups is 2. The second-order valence-electron chi connectivity index (χ2n) is 3.23. The number of likely N-dealkylation sites (tertiary alicyclic amines) is 1. The highest BCUT2D eigenvalue weighted by Crippen LogP contribution is 2.08. The summed E-state index contributed by atoms with van der Waals surface area (Å²) in [6.45, 7) is 2.85. The average molecular weight is 186 g/mol. The van der Waals surface area contributed by atoms with Crippen LogP contribution in [0.15, 0.2) is 0 Å². The van der Waals surface area contributed by atoms with Crippen molar-refractivity contribution in [3.63, 3.8) is 0 Å². The lowest BCUT2D eigenvalue weighted by molar-refractivity contribution is -0.136. The second-order valence-corrected chi connectivity index (χ2v) is 3.23. The zero-order valence-corrected chi connectivity index (χ0v) is 7.62. The van der Waals surface area contributed by atoms with Gasteiger partial charge in [-0.1, -0.05) is 0 Å². The summed E-state index contributed by atoms with van der Waals surface area (Å²) < 4.78 is 0. The standard InChI is InChI=1S/C8H14N2O3/c1-6(11)10-3-2-7(5-10)9-4-8(12)13/h7,9H,2-5H2,1H3,(H,12,13). The molecule has 0 saturated carbocycles. The quantitative estimate of drug-likeness (QED) is 0.610. The van der Waals surface area contributed by atoms with E-state index in [2.05, 4.69) is 5.32 Å². The van der Waals surface area contributed by atoms with Crippen LogP contribution in [0.3, 0.4) is 0 Å². The topological polar surface area (TPSA) is 69.6 Å². The van der Waals surface area contributed by atoms with Crippen molar-refractivity contribution in [2.75, 3.05) is 19.6 Å². The monoisotopic (exact) mass is 186 g/mol. The highest BCUT2D eigenvalue weighted by molar-refractivity contribution is 5.73. The van der Waals surface area contributed by atoms with Crippen LogP contribution in [0.2, 0.25) is 0 Å². The van der Waals surface area contributed by atoms with Crippen LogP contribution in [0.4, 0.5) is 0 Å². The number of nitrogens with one attached hydrogen (secondary N) is 1. The van der Waals surface area contributed by atoms with Crippen molar-refractivity contribution in [1.82, 2.24) is 10.2 Å². The molecule has 1 rings (SSSR count). The van der Waals surface area contributed by atoms with Gasteiger partial charge in [0.05, 0.1) is 6.54 Å². The Labute approximate surface area is 76.7 Å². The molecule has 0 aliphatic carbocycles. The first-order valence-corrected chi connectivity index (χ1v) is 4.30. The van der Waals surface area contributed by atoms with E-state index in [1.165, 1.54) is 6.92 Å². The summed E-state index contributed by atoms with van der Waals surface area (Å²) in [7, 11) is 0. The van der Waals surface area contributed by atoms with Gasteiger partial charge in [0, 0.05) is 26.1 Å². The summed E-state index contributed by atoms with van der Waals surface area (Å²) in [5.41, 5.74) is 0. The van der Waals surface area contributed by atoms with Gasteiger partial charge in [0.25, 0.3) is 0 Å². The molecule has 1 amide bonds. The van der Waals surface area contributed by atoms with Gasteiger partial charge in [-0.15, -0.1) is 0 Å². The largest absolute Gasteiger partial charge is 0.480 e. The maximum absolute atomic E-state index is 10.9. The zero-order valence-electron chi connectivity index (χ0n) is 7.62. The molecule has 1 heterocycles. The molecular formula is C8H14N2O3. The van der Waals surface area contributed by atoms with Crippen molar-refractivity contribution in [2.45, 2.75) is 19.4 Å². The van der Waals surface area contributed by atoms with Crippen LogP contribution in [-0.4, -0.2) is 47.6 Å². The summed E-state index contributed by atoms with van der Waals surface area (Å²) in [6, 6.07) is 0.139. The van der Waals surface area contributed by atoms with Gasteiger partial charge in [-0.3, -0.25) is 9.59 Å². The van der Waals surface area contributed by atoms with Crippen LogP contribution in [0, 0.1) is 0 Å². The SMILES string of the molecule is CC(=O)N1CCC(NCC(=O)O)C1. The number of hydrogen-bond donors (Lipinski definition) is 2. The lowest BCUT2D eigenvalue weighted by Gasteiger charge is -2.13. The van der Waals surface area contributed by atoms with Crippen LogP contribution in [-0.2, 0) is 9.59 Å². The number of aliphatic carboxylic acids is 1. The number of carbonyl (C=O) groups excluding carboxylic acids is 1. The second kappa shape index (κ2) is 4.23. The molecule has 0 spiro atoms. The Kier molecular flexibility index (Phi) is 3.25. The van der Waals surface area contributed by atoms with Gasteiger partial charge in [0.1, 0.15) is 0 Å². The highest BCUT2D eigenvalue weighted by Gasteiger charge is 2.23. The molecule has 13 heavy (non-hydrogen) atoms. The molecule has 1 aliphatic heterocycles. The molecule has 0 aromatic rings. The molecular weight excluding hydrogens is 172 g/mol. The maximum Gasteiger partial charge on any atom is 0.317 e. The molecule has 0 aromatic heterocycles. The lowest BCUT2D eigenvalue weighted by atomic mass is 10.2. The van der Waals surface area contributed by atoms with Gasteiger partial charge >= 0.3 is 5.97 Å². The van der Waals surface area contributed by atoms with Gasteiger partial charge in [-0.2, -0.15) is 0 Å². The first-order valence-electron chi connectivity index (χ1n) is 4.30. The minimum absolute atomic E-state index is 0.0313.